The van der Waals surface area contributed by atoms with Gasteiger partial charge in [0.1, 0.15) is 5.75 Å². The average Bonchev–Trinajstić information content (AvgIpc) is 2.46. The number of anilines is 1. The van der Waals surface area contributed by atoms with E-state index in [1.54, 1.807) is 7.11 Å². The molecule has 1 atom stereocenters. The minimum atomic E-state index is -0.00528. The topological polar surface area (TPSA) is 42.8 Å². The predicted molar refractivity (Wildman–Crippen MR) is 84.9 cm³/mol. The molecular formula is C17H27N2O2+. The molecule has 1 saturated heterocycles. The number of nitrogens with one attached hydrogen (secondary N) is 2. The molecule has 4 nitrogen and oxygen atoms in total. The summed E-state index contributed by atoms with van der Waals surface area (Å²) in [6, 6.07) is 7.52. The molecule has 4 heteroatoms. The third kappa shape index (κ3) is 4.74. The fraction of sp³-hybridized carbons (Fsp3) is 0.588. The second-order valence-corrected chi connectivity index (χ2v) is 5.87. The van der Waals surface area contributed by atoms with Gasteiger partial charge in [0.2, 0.25) is 0 Å². The van der Waals surface area contributed by atoms with Gasteiger partial charge in [0, 0.05) is 11.8 Å². The van der Waals surface area contributed by atoms with Crippen LogP contribution in [-0.2, 0) is 4.79 Å². The number of methoxy groups -OCH3 is 1. The lowest BCUT2D eigenvalue weighted by atomic mass is 10.1. The molecule has 1 aromatic rings. The first kappa shape index (κ1) is 15.8. The second kappa shape index (κ2) is 8.03. The minimum Gasteiger partial charge on any atom is -0.497 e. The van der Waals surface area contributed by atoms with Crippen molar-refractivity contribution in [3.63, 3.8) is 0 Å². The molecule has 1 amide bonds. The summed E-state index contributed by atoms with van der Waals surface area (Å²) >= 11 is 0. The van der Waals surface area contributed by atoms with Crippen LogP contribution in [0.4, 0.5) is 5.69 Å². The highest BCUT2D eigenvalue weighted by atomic mass is 16.5. The number of hydrogen-bond donors (Lipinski definition) is 2. The summed E-state index contributed by atoms with van der Waals surface area (Å²) < 4.78 is 5.19. The molecule has 116 valence electrons. The van der Waals surface area contributed by atoms with E-state index in [0.29, 0.717) is 0 Å². The van der Waals surface area contributed by atoms with Gasteiger partial charge in [-0.25, -0.2) is 0 Å². The quantitative estimate of drug-likeness (QED) is 0.889. The van der Waals surface area contributed by atoms with E-state index in [-0.39, 0.29) is 11.9 Å². The maximum atomic E-state index is 12.4. The number of benzene rings is 1. The molecule has 1 heterocycles. The number of carbonyl (C=O) groups is 1. The van der Waals surface area contributed by atoms with E-state index in [1.165, 1.54) is 37.0 Å². The lowest BCUT2D eigenvalue weighted by Gasteiger charge is -2.27. The van der Waals surface area contributed by atoms with Crippen LogP contribution in [0.2, 0.25) is 0 Å². The summed E-state index contributed by atoms with van der Waals surface area (Å²) in [5.74, 6) is 0.859. The number of ether oxygens (including phenoxy) is 1. The third-order valence-corrected chi connectivity index (χ3v) is 4.34. The largest absolute Gasteiger partial charge is 0.497 e. The molecule has 1 aliphatic heterocycles. The Morgan fingerprint density at radius 3 is 2.52 bits per heavy atom. The molecule has 0 saturated carbocycles. The van der Waals surface area contributed by atoms with Crippen LogP contribution in [0.3, 0.4) is 0 Å². The van der Waals surface area contributed by atoms with E-state index >= 15 is 0 Å². The Labute approximate surface area is 127 Å². The van der Waals surface area contributed by atoms with Gasteiger partial charge >= 0.3 is 0 Å². The third-order valence-electron chi connectivity index (χ3n) is 4.34. The molecule has 0 aromatic heterocycles. The summed E-state index contributed by atoms with van der Waals surface area (Å²) in [6.45, 7) is 4.24. The van der Waals surface area contributed by atoms with Crippen molar-refractivity contribution >= 4 is 11.6 Å². The summed E-state index contributed by atoms with van der Waals surface area (Å²) in [6.07, 6.45) is 6.40. The lowest BCUT2D eigenvalue weighted by Crippen LogP contribution is -3.16. The summed E-state index contributed by atoms with van der Waals surface area (Å²) in [5.41, 5.74) is 0.803. The molecule has 1 aliphatic rings. The van der Waals surface area contributed by atoms with E-state index in [4.69, 9.17) is 4.74 Å². The molecule has 2 rings (SSSR count). The highest BCUT2D eigenvalue weighted by Gasteiger charge is 2.25. The molecule has 0 aliphatic carbocycles. The van der Waals surface area contributed by atoms with Gasteiger partial charge in [0.25, 0.3) is 5.91 Å². The van der Waals surface area contributed by atoms with Crippen LogP contribution in [0.5, 0.6) is 5.75 Å². The number of rotatable bonds is 4. The molecule has 2 N–H and O–H groups in total. The normalized spacial score (nSPS) is 18.4. The Morgan fingerprint density at radius 1 is 1.19 bits per heavy atom. The second-order valence-electron chi connectivity index (χ2n) is 5.87. The SMILES string of the molecule is COc1cccc(NC(=O)[C@H](C)[NH+]2CCCCCCC2)c1. The fourth-order valence-corrected chi connectivity index (χ4v) is 2.93. The molecule has 21 heavy (non-hydrogen) atoms. The van der Waals surface area contributed by atoms with Gasteiger partial charge in [-0.3, -0.25) is 4.79 Å². The van der Waals surface area contributed by atoms with E-state index in [9.17, 15) is 4.79 Å². The highest BCUT2D eigenvalue weighted by Crippen LogP contribution is 2.16. The Hall–Kier alpha value is -1.55. The minimum absolute atomic E-state index is 0.00528. The van der Waals surface area contributed by atoms with Gasteiger partial charge in [0.15, 0.2) is 6.04 Å². The molecule has 1 aromatic carbocycles. The van der Waals surface area contributed by atoms with Crippen molar-refractivity contribution in [1.29, 1.82) is 0 Å². The van der Waals surface area contributed by atoms with Crippen molar-refractivity contribution in [2.75, 3.05) is 25.5 Å². The first-order valence-electron chi connectivity index (χ1n) is 8.00. The van der Waals surface area contributed by atoms with Gasteiger partial charge in [-0.1, -0.05) is 12.5 Å². The zero-order valence-electron chi connectivity index (χ0n) is 13.2. The van der Waals surface area contributed by atoms with Crippen molar-refractivity contribution in [2.45, 2.75) is 45.1 Å². The van der Waals surface area contributed by atoms with Crippen LogP contribution in [0.1, 0.15) is 39.0 Å². The van der Waals surface area contributed by atoms with Crippen molar-refractivity contribution in [1.82, 2.24) is 0 Å². The lowest BCUT2D eigenvalue weighted by molar-refractivity contribution is -0.914. The average molecular weight is 291 g/mol. The number of likely N-dealkylation sites (tertiary alicyclic amines) is 1. The van der Waals surface area contributed by atoms with Crippen molar-refractivity contribution in [3.05, 3.63) is 24.3 Å². The van der Waals surface area contributed by atoms with Crippen LogP contribution in [-0.4, -0.2) is 32.1 Å². The molecule has 0 radical (unpaired) electrons. The monoisotopic (exact) mass is 291 g/mol. The van der Waals surface area contributed by atoms with Crippen molar-refractivity contribution in [2.24, 2.45) is 0 Å². The Kier molecular flexibility index (Phi) is 6.05. The van der Waals surface area contributed by atoms with Gasteiger partial charge in [-0.05, 0) is 44.7 Å². The number of amides is 1. The van der Waals surface area contributed by atoms with Gasteiger partial charge in [-0.2, -0.15) is 0 Å². The standard InChI is InChI=1S/C17H26N2O2/c1-14(19-11-6-4-3-5-7-12-19)17(20)18-15-9-8-10-16(13-15)21-2/h8-10,13-14H,3-7,11-12H2,1-2H3,(H,18,20)/p+1/t14-/m0/s1. The van der Waals surface area contributed by atoms with Crippen LogP contribution in [0.25, 0.3) is 0 Å². The van der Waals surface area contributed by atoms with E-state index in [0.717, 1.165) is 24.5 Å². The van der Waals surface area contributed by atoms with Crippen molar-refractivity contribution < 1.29 is 14.4 Å². The van der Waals surface area contributed by atoms with E-state index in [2.05, 4.69) is 5.32 Å². The van der Waals surface area contributed by atoms with Gasteiger partial charge in [0.05, 0.1) is 20.2 Å². The molecule has 0 bridgehead atoms. The first-order chi connectivity index (χ1) is 10.2. The molecule has 0 spiro atoms. The molecular weight excluding hydrogens is 264 g/mol. The van der Waals surface area contributed by atoms with E-state index < -0.39 is 0 Å². The smallest absolute Gasteiger partial charge is 0.282 e. The van der Waals surface area contributed by atoms with Crippen LogP contribution in [0.15, 0.2) is 24.3 Å². The van der Waals surface area contributed by atoms with Crippen LogP contribution < -0.4 is 15.0 Å². The zero-order chi connectivity index (χ0) is 15.1. The molecule has 0 unspecified atom stereocenters. The Balaban J connectivity index is 1.94. The Morgan fingerprint density at radius 2 is 1.86 bits per heavy atom. The number of quaternary nitrogens is 1. The van der Waals surface area contributed by atoms with Crippen molar-refractivity contribution in [3.8, 4) is 5.75 Å². The van der Waals surface area contributed by atoms with Crippen LogP contribution in [0, 0.1) is 0 Å². The summed E-state index contributed by atoms with van der Waals surface area (Å²) in [5, 5.41) is 3.01. The summed E-state index contributed by atoms with van der Waals surface area (Å²) in [7, 11) is 1.63. The number of hydrogen-bond acceptors (Lipinski definition) is 2. The van der Waals surface area contributed by atoms with Crippen LogP contribution >= 0.6 is 0 Å². The highest BCUT2D eigenvalue weighted by molar-refractivity contribution is 5.93. The molecule has 1 fully saturated rings. The predicted octanol–water partition coefficient (Wildman–Crippen LogP) is 1.87. The van der Waals surface area contributed by atoms with Gasteiger partial charge < -0.3 is 15.0 Å². The van der Waals surface area contributed by atoms with E-state index in [1.807, 2.05) is 31.2 Å². The maximum absolute atomic E-state index is 12.4. The zero-order valence-corrected chi connectivity index (χ0v) is 13.2. The fourth-order valence-electron chi connectivity index (χ4n) is 2.93. The Bertz CT molecular complexity index is 454. The summed E-state index contributed by atoms with van der Waals surface area (Å²) in [4.78, 5) is 13.8. The first-order valence-corrected chi connectivity index (χ1v) is 8.00. The maximum Gasteiger partial charge on any atom is 0.282 e. The number of carbonyl (C=O) groups excluding carboxylic acids is 1. The van der Waals surface area contributed by atoms with Gasteiger partial charge in [-0.15, -0.1) is 0 Å².